The largest absolute Gasteiger partial charge is 0.320 e. The highest BCUT2D eigenvalue weighted by atomic mass is 32.2. The first-order valence-corrected chi connectivity index (χ1v) is 5.83. The fourth-order valence-corrected chi connectivity index (χ4v) is 1.58. The summed E-state index contributed by atoms with van der Waals surface area (Å²) in [6, 6.07) is 6.22. The van der Waals surface area contributed by atoms with Crippen molar-refractivity contribution in [2.45, 2.75) is 30.2 Å². The fourth-order valence-electron chi connectivity index (χ4n) is 1.17. The molecule has 0 fully saturated rings. The molecule has 1 aromatic rings. The molecule has 1 nitrogen and oxygen atoms in total. The smallest absolute Gasteiger partial charge is 0.290 e. The highest BCUT2D eigenvalue weighted by molar-refractivity contribution is 7.98. The van der Waals surface area contributed by atoms with Gasteiger partial charge in [0.05, 0.1) is 5.54 Å². The molecule has 0 radical (unpaired) electrons. The molecule has 0 aromatic heterocycles. The van der Waals surface area contributed by atoms with E-state index < -0.39 is 11.5 Å². The third-order valence-corrected chi connectivity index (χ3v) is 3.01. The number of halogens is 2. The minimum Gasteiger partial charge on any atom is -0.320 e. The quantitative estimate of drug-likeness (QED) is 0.808. The maximum Gasteiger partial charge on any atom is 0.290 e. The first-order valence-electron chi connectivity index (χ1n) is 4.60. The molecule has 15 heavy (non-hydrogen) atoms. The molecule has 4 heteroatoms. The second kappa shape index (κ2) is 4.10. The van der Waals surface area contributed by atoms with Crippen LogP contribution in [-0.2, 0) is 5.92 Å². The molecule has 0 saturated carbocycles. The lowest BCUT2D eigenvalue weighted by atomic mass is 9.91. The number of rotatable bonds is 3. The Morgan fingerprint density at radius 3 is 1.93 bits per heavy atom. The molecule has 0 atom stereocenters. The van der Waals surface area contributed by atoms with Crippen LogP contribution in [0.25, 0.3) is 0 Å². The van der Waals surface area contributed by atoms with Crippen LogP contribution in [-0.4, -0.2) is 11.8 Å². The van der Waals surface area contributed by atoms with Crippen molar-refractivity contribution in [3.8, 4) is 0 Å². The van der Waals surface area contributed by atoms with Gasteiger partial charge >= 0.3 is 0 Å². The van der Waals surface area contributed by atoms with Gasteiger partial charge in [-0.05, 0) is 32.2 Å². The average molecular weight is 231 g/mol. The average Bonchev–Trinajstić information content (AvgIpc) is 2.16. The molecule has 0 aliphatic heterocycles. The van der Waals surface area contributed by atoms with Crippen LogP contribution in [0.3, 0.4) is 0 Å². The van der Waals surface area contributed by atoms with Crippen molar-refractivity contribution in [1.29, 1.82) is 0 Å². The molecule has 1 rings (SSSR count). The summed E-state index contributed by atoms with van der Waals surface area (Å²) in [4.78, 5) is 0.962. The van der Waals surface area contributed by atoms with Gasteiger partial charge < -0.3 is 5.73 Å². The number of nitrogens with two attached hydrogens (primary N) is 1. The van der Waals surface area contributed by atoms with Gasteiger partial charge in [0.25, 0.3) is 5.92 Å². The Morgan fingerprint density at radius 2 is 1.60 bits per heavy atom. The number of alkyl halides is 2. The summed E-state index contributed by atoms with van der Waals surface area (Å²) in [6.07, 6.45) is 1.90. The molecule has 84 valence electrons. The van der Waals surface area contributed by atoms with Crippen molar-refractivity contribution in [3.05, 3.63) is 29.8 Å². The first kappa shape index (κ1) is 12.5. The summed E-state index contributed by atoms with van der Waals surface area (Å²) in [6.45, 7) is 2.66. The van der Waals surface area contributed by atoms with Gasteiger partial charge in [-0.1, -0.05) is 12.1 Å². The van der Waals surface area contributed by atoms with Crippen LogP contribution in [0.15, 0.2) is 29.2 Å². The molecule has 0 unspecified atom stereocenters. The molecular weight excluding hydrogens is 216 g/mol. The van der Waals surface area contributed by atoms with Crippen LogP contribution >= 0.6 is 11.8 Å². The van der Waals surface area contributed by atoms with E-state index >= 15 is 0 Å². The van der Waals surface area contributed by atoms with E-state index in [1.807, 2.05) is 6.26 Å². The normalized spacial score (nSPS) is 12.9. The Morgan fingerprint density at radius 1 is 1.13 bits per heavy atom. The van der Waals surface area contributed by atoms with Crippen LogP contribution in [0.2, 0.25) is 0 Å². The highest BCUT2D eigenvalue weighted by Crippen LogP contribution is 2.37. The lowest BCUT2D eigenvalue weighted by Gasteiger charge is -2.30. The predicted molar refractivity (Wildman–Crippen MR) is 60.4 cm³/mol. The van der Waals surface area contributed by atoms with Crippen LogP contribution in [0.5, 0.6) is 0 Å². The Labute approximate surface area is 93.1 Å². The molecule has 0 aliphatic carbocycles. The first-order chi connectivity index (χ1) is 6.79. The summed E-state index contributed by atoms with van der Waals surface area (Å²) in [5, 5.41) is 0. The van der Waals surface area contributed by atoms with Gasteiger partial charge in [-0.2, -0.15) is 8.78 Å². The molecular formula is C11H15F2NS. The van der Waals surface area contributed by atoms with E-state index in [0.29, 0.717) is 0 Å². The van der Waals surface area contributed by atoms with E-state index in [2.05, 4.69) is 0 Å². The van der Waals surface area contributed by atoms with Crippen LogP contribution in [0, 0.1) is 0 Å². The van der Waals surface area contributed by atoms with Crippen molar-refractivity contribution in [2.24, 2.45) is 5.73 Å². The molecule has 0 aliphatic rings. The van der Waals surface area contributed by atoms with Crippen molar-refractivity contribution in [3.63, 3.8) is 0 Å². The van der Waals surface area contributed by atoms with E-state index in [0.717, 1.165) is 4.90 Å². The molecule has 2 N–H and O–H groups in total. The fraction of sp³-hybridized carbons (Fsp3) is 0.455. The summed E-state index contributed by atoms with van der Waals surface area (Å²) < 4.78 is 27.5. The minimum absolute atomic E-state index is 0.0344. The predicted octanol–water partition coefficient (Wildman–Crippen LogP) is 3.24. The Hall–Kier alpha value is -0.610. The summed E-state index contributed by atoms with van der Waals surface area (Å²) in [7, 11) is 0. The van der Waals surface area contributed by atoms with Gasteiger partial charge in [0.15, 0.2) is 0 Å². The Balaban J connectivity index is 3.06. The van der Waals surface area contributed by atoms with E-state index in [9.17, 15) is 8.78 Å². The minimum atomic E-state index is -3.01. The van der Waals surface area contributed by atoms with E-state index in [1.54, 1.807) is 12.1 Å². The molecule has 0 bridgehead atoms. The second-order valence-corrected chi connectivity index (χ2v) is 4.90. The number of benzene rings is 1. The molecule has 1 aromatic carbocycles. The Bertz CT molecular complexity index is 327. The van der Waals surface area contributed by atoms with Crippen molar-refractivity contribution < 1.29 is 8.78 Å². The van der Waals surface area contributed by atoms with Crippen LogP contribution in [0.4, 0.5) is 8.78 Å². The SMILES string of the molecule is CSc1ccc(C(F)(F)C(C)(C)N)cc1. The zero-order valence-corrected chi connectivity index (χ0v) is 9.87. The number of thioether (sulfide) groups is 1. The van der Waals surface area contributed by atoms with Crippen LogP contribution < -0.4 is 5.73 Å². The second-order valence-electron chi connectivity index (χ2n) is 4.02. The van der Waals surface area contributed by atoms with Gasteiger partial charge in [0.2, 0.25) is 0 Å². The summed E-state index contributed by atoms with van der Waals surface area (Å²) in [5.74, 6) is -3.01. The van der Waals surface area contributed by atoms with Crippen LogP contribution in [0.1, 0.15) is 19.4 Å². The summed E-state index contributed by atoms with van der Waals surface area (Å²) in [5.41, 5.74) is 3.88. The molecule has 0 amide bonds. The highest BCUT2D eigenvalue weighted by Gasteiger charge is 2.45. The standard InChI is InChI=1S/C11H15F2NS/c1-10(2,14)11(12,13)8-4-6-9(15-3)7-5-8/h4-7H,14H2,1-3H3. The zero-order chi connectivity index (χ0) is 11.7. The lowest BCUT2D eigenvalue weighted by Crippen LogP contribution is -2.48. The Kier molecular flexibility index (Phi) is 3.41. The lowest BCUT2D eigenvalue weighted by molar-refractivity contribution is -0.0673. The third kappa shape index (κ3) is 2.49. The third-order valence-electron chi connectivity index (χ3n) is 2.26. The number of hydrogen-bond donors (Lipinski definition) is 1. The monoisotopic (exact) mass is 231 g/mol. The van der Waals surface area contributed by atoms with Gasteiger partial charge in [0.1, 0.15) is 0 Å². The van der Waals surface area contributed by atoms with E-state index in [4.69, 9.17) is 5.73 Å². The van der Waals surface area contributed by atoms with Gasteiger partial charge in [-0.3, -0.25) is 0 Å². The van der Waals surface area contributed by atoms with Gasteiger partial charge in [-0.25, -0.2) is 0 Å². The molecule has 0 saturated heterocycles. The maximum absolute atomic E-state index is 13.8. The van der Waals surface area contributed by atoms with E-state index in [-0.39, 0.29) is 5.56 Å². The molecule has 0 spiro atoms. The van der Waals surface area contributed by atoms with Crippen molar-refractivity contribution >= 4 is 11.8 Å². The maximum atomic E-state index is 13.8. The van der Waals surface area contributed by atoms with Crippen molar-refractivity contribution in [2.75, 3.05) is 6.26 Å². The zero-order valence-electron chi connectivity index (χ0n) is 9.05. The molecule has 0 heterocycles. The summed E-state index contributed by atoms with van der Waals surface area (Å²) >= 11 is 1.52. The van der Waals surface area contributed by atoms with Gasteiger partial charge in [0, 0.05) is 10.5 Å². The van der Waals surface area contributed by atoms with Crippen molar-refractivity contribution in [1.82, 2.24) is 0 Å². The van der Waals surface area contributed by atoms with Gasteiger partial charge in [-0.15, -0.1) is 11.8 Å². The van der Waals surface area contributed by atoms with E-state index in [1.165, 1.54) is 37.7 Å². The number of hydrogen-bond acceptors (Lipinski definition) is 2. The topological polar surface area (TPSA) is 26.0 Å².